The van der Waals surface area contributed by atoms with Gasteiger partial charge in [0.1, 0.15) is 11.3 Å². The van der Waals surface area contributed by atoms with Crippen molar-refractivity contribution in [2.75, 3.05) is 0 Å². The average Bonchev–Trinajstić information content (AvgIpc) is 2.85. The first-order valence-electron chi connectivity index (χ1n) is 10.2. The van der Waals surface area contributed by atoms with E-state index in [2.05, 4.69) is 0 Å². The Hall–Kier alpha value is -3.92. The van der Waals surface area contributed by atoms with Crippen molar-refractivity contribution in [3.8, 4) is 22.6 Å². The molecular formula is C25H14ClF5O5. The van der Waals surface area contributed by atoms with Crippen molar-refractivity contribution in [2.24, 2.45) is 0 Å². The molecule has 0 saturated carbocycles. The van der Waals surface area contributed by atoms with Gasteiger partial charge in [-0.05, 0) is 55.3 Å². The van der Waals surface area contributed by atoms with Crippen molar-refractivity contribution in [1.82, 2.24) is 0 Å². The maximum Gasteiger partial charge on any atom is 0.352 e. The second-order valence-corrected chi connectivity index (χ2v) is 8.07. The van der Waals surface area contributed by atoms with Gasteiger partial charge in [0, 0.05) is 10.4 Å². The highest BCUT2D eigenvalue weighted by Crippen LogP contribution is 2.32. The van der Waals surface area contributed by atoms with Crippen LogP contribution < -0.4 is 15.1 Å². The summed E-state index contributed by atoms with van der Waals surface area (Å²) < 4.78 is 83.0. The first kappa shape index (κ1) is 25.2. The highest BCUT2D eigenvalue weighted by atomic mass is 35.5. The molecular weight excluding hydrogens is 511 g/mol. The molecule has 0 amide bonds. The fourth-order valence-corrected chi connectivity index (χ4v) is 3.58. The topological polar surface area (TPSA) is 65.7 Å². The molecule has 5 nitrogen and oxygen atoms in total. The first-order valence-corrected chi connectivity index (χ1v) is 10.6. The molecule has 0 radical (unpaired) electrons. The smallest absolute Gasteiger partial charge is 0.352 e. The van der Waals surface area contributed by atoms with E-state index < -0.39 is 52.5 Å². The van der Waals surface area contributed by atoms with Gasteiger partial charge in [0.25, 0.3) is 0 Å². The molecule has 0 fully saturated rings. The second-order valence-electron chi connectivity index (χ2n) is 7.63. The van der Waals surface area contributed by atoms with E-state index >= 15 is 0 Å². The number of hydrogen-bond donors (Lipinski definition) is 0. The third-order valence-corrected chi connectivity index (χ3v) is 5.54. The molecule has 4 rings (SSSR count). The first-order chi connectivity index (χ1) is 17.0. The van der Waals surface area contributed by atoms with Gasteiger partial charge in [-0.2, -0.15) is 8.78 Å². The van der Waals surface area contributed by atoms with Crippen molar-refractivity contribution in [1.29, 1.82) is 0 Å². The Morgan fingerprint density at radius 1 is 0.917 bits per heavy atom. The molecule has 1 atom stereocenters. The van der Waals surface area contributed by atoms with E-state index in [0.29, 0.717) is 21.5 Å². The van der Waals surface area contributed by atoms with Gasteiger partial charge in [0.2, 0.25) is 29.1 Å². The lowest BCUT2D eigenvalue weighted by molar-refractivity contribution is -0.141. The molecule has 36 heavy (non-hydrogen) atoms. The summed E-state index contributed by atoms with van der Waals surface area (Å²) in [6.07, 6.45) is -1.76. The fraction of sp³-hybridized carbons (Fsp3) is 0.120. The minimum atomic E-state index is -2.36. The highest BCUT2D eigenvalue weighted by molar-refractivity contribution is 6.30. The van der Waals surface area contributed by atoms with Crippen LogP contribution in [0.25, 0.3) is 22.1 Å². The summed E-state index contributed by atoms with van der Waals surface area (Å²) in [5.74, 6) is -14.1. The van der Waals surface area contributed by atoms with Gasteiger partial charge in [-0.15, -0.1) is 0 Å². The van der Waals surface area contributed by atoms with E-state index in [-0.39, 0.29) is 16.9 Å². The summed E-state index contributed by atoms with van der Waals surface area (Å²) >= 11 is 5.90. The molecule has 4 aromatic rings. The highest BCUT2D eigenvalue weighted by Gasteiger charge is 2.30. The molecule has 1 heterocycles. The minimum Gasteiger partial charge on any atom is -0.473 e. The molecule has 0 aliphatic carbocycles. The number of aryl methyl sites for hydroxylation is 1. The number of halogens is 6. The average molecular weight is 525 g/mol. The molecule has 11 heteroatoms. The van der Waals surface area contributed by atoms with E-state index in [1.807, 2.05) is 0 Å². The zero-order chi connectivity index (χ0) is 26.3. The predicted octanol–water partition coefficient (Wildman–Crippen LogP) is 6.49. The molecule has 0 aliphatic heterocycles. The molecule has 0 N–H and O–H groups in total. The van der Waals surface area contributed by atoms with Gasteiger partial charge in [-0.3, -0.25) is 0 Å². The van der Waals surface area contributed by atoms with E-state index in [9.17, 15) is 31.5 Å². The summed E-state index contributed by atoms with van der Waals surface area (Å²) in [7, 11) is 0. The molecule has 1 aromatic heterocycles. The predicted molar refractivity (Wildman–Crippen MR) is 120 cm³/mol. The summed E-state index contributed by atoms with van der Waals surface area (Å²) in [6.45, 7) is 2.66. The van der Waals surface area contributed by atoms with Gasteiger partial charge >= 0.3 is 11.6 Å². The SMILES string of the molecule is Cc1c(-c2ccc(Cl)cc2)c(=O)oc2ccc(OC(=O)C(C)Oc3c(F)c(F)c(F)c(F)c3F)cc12. The normalized spacial score (nSPS) is 12.0. The van der Waals surface area contributed by atoms with Crippen LogP contribution in [0.2, 0.25) is 5.02 Å². The number of benzene rings is 3. The van der Waals surface area contributed by atoms with E-state index in [0.717, 1.165) is 6.92 Å². The zero-order valence-corrected chi connectivity index (χ0v) is 19.2. The van der Waals surface area contributed by atoms with Crippen LogP contribution in [0.1, 0.15) is 12.5 Å². The van der Waals surface area contributed by atoms with Crippen LogP contribution in [0.5, 0.6) is 11.5 Å². The molecule has 186 valence electrons. The van der Waals surface area contributed by atoms with Gasteiger partial charge in [0.15, 0.2) is 11.9 Å². The lowest BCUT2D eigenvalue weighted by atomic mass is 9.99. The molecule has 0 saturated heterocycles. The molecule has 1 unspecified atom stereocenters. The number of esters is 1. The van der Waals surface area contributed by atoms with Gasteiger partial charge in [-0.1, -0.05) is 23.7 Å². The van der Waals surface area contributed by atoms with Crippen molar-refractivity contribution >= 4 is 28.5 Å². The van der Waals surface area contributed by atoms with Crippen molar-refractivity contribution in [2.45, 2.75) is 20.0 Å². The number of carbonyl (C=O) groups is 1. The minimum absolute atomic E-state index is 0.0561. The van der Waals surface area contributed by atoms with Gasteiger partial charge in [0.05, 0.1) is 5.56 Å². The Bertz CT molecular complexity index is 1540. The standard InChI is InChI=1S/C25H14ClF5O5/c1-10-15-9-14(7-8-16(15)36-25(33)17(10)12-3-5-13(26)6-4-12)35-24(32)11(2)34-23-21(30)19(28)18(27)20(29)22(23)31/h3-9,11H,1-2H3. The van der Waals surface area contributed by atoms with Crippen LogP contribution in [0, 0.1) is 36.0 Å². The molecule has 0 aliphatic rings. The third kappa shape index (κ3) is 4.51. The Morgan fingerprint density at radius 2 is 1.50 bits per heavy atom. The molecule has 0 spiro atoms. The van der Waals surface area contributed by atoms with E-state index in [1.54, 1.807) is 31.2 Å². The van der Waals surface area contributed by atoms with Gasteiger partial charge in [-0.25, -0.2) is 22.8 Å². The van der Waals surface area contributed by atoms with Crippen LogP contribution in [0.4, 0.5) is 22.0 Å². The van der Waals surface area contributed by atoms with Crippen molar-refractivity contribution < 1.29 is 40.6 Å². The Kier molecular flexibility index (Phi) is 6.73. The Balaban J connectivity index is 1.63. The summed E-state index contributed by atoms with van der Waals surface area (Å²) in [4.78, 5) is 25.0. The second kappa shape index (κ2) is 9.62. The number of fused-ring (bicyclic) bond motifs is 1. The largest absolute Gasteiger partial charge is 0.473 e. The summed E-state index contributed by atoms with van der Waals surface area (Å²) in [5, 5.41) is 0.885. The van der Waals surface area contributed by atoms with Crippen molar-refractivity contribution in [3.63, 3.8) is 0 Å². The molecule has 0 bridgehead atoms. The maximum absolute atomic E-state index is 13.9. The maximum atomic E-state index is 13.9. The van der Waals surface area contributed by atoms with Crippen LogP contribution in [0.3, 0.4) is 0 Å². The third-order valence-electron chi connectivity index (χ3n) is 5.28. The zero-order valence-electron chi connectivity index (χ0n) is 18.4. The lowest BCUT2D eigenvalue weighted by Crippen LogP contribution is -2.29. The number of carbonyl (C=O) groups excluding carboxylic acids is 1. The fourth-order valence-electron chi connectivity index (χ4n) is 3.46. The van der Waals surface area contributed by atoms with Crippen LogP contribution in [0.15, 0.2) is 51.7 Å². The number of hydrogen-bond acceptors (Lipinski definition) is 5. The summed E-state index contributed by atoms with van der Waals surface area (Å²) in [6, 6.07) is 10.5. The van der Waals surface area contributed by atoms with E-state index in [1.165, 1.54) is 18.2 Å². The summed E-state index contributed by atoms with van der Waals surface area (Å²) in [5.41, 5.74) is 0.898. The molecule has 3 aromatic carbocycles. The Labute approximate surface area is 204 Å². The monoisotopic (exact) mass is 524 g/mol. The van der Waals surface area contributed by atoms with E-state index in [4.69, 9.17) is 25.5 Å². The number of rotatable bonds is 5. The van der Waals surface area contributed by atoms with Crippen LogP contribution >= 0.6 is 11.6 Å². The van der Waals surface area contributed by atoms with Crippen LogP contribution in [-0.2, 0) is 4.79 Å². The lowest BCUT2D eigenvalue weighted by Gasteiger charge is -2.16. The van der Waals surface area contributed by atoms with Crippen LogP contribution in [-0.4, -0.2) is 12.1 Å². The Morgan fingerprint density at radius 3 is 2.11 bits per heavy atom. The van der Waals surface area contributed by atoms with Gasteiger partial charge < -0.3 is 13.9 Å². The van der Waals surface area contributed by atoms with Crippen molar-refractivity contribution in [3.05, 3.63) is 92.6 Å². The number of ether oxygens (including phenoxy) is 2. The quantitative estimate of drug-likeness (QED) is 0.0745.